The van der Waals surface area contributed by atoms with Crippen LogP contribution in [-0.2, 0) is 13.1 Å². The Balaban J connectivity index is 1.96. The smallest absolute Gasteiger partial charge is 0.127 e. The SMILES string of the molecule is CN(Cc1cc(CNC(C)(C)C)ccc1F)CC1CC1. The topological polar surface area (TPSA) is 15.3 Å². The molecule has 0 heterocycles. The monoisotopic (exact) mass is 278 g/mol. The van der Waals surface area contributed by atoms with Gasteiger partial charge in [0.15, 0.2) is 0 Å². The number of nitrogens with zero attached hydrogens (tertiary/aromatic N) is 1. The van der Waals surface area contributed by atoms with Crippen molar-refractivity contribution >= 4 is 0 Å². The standard InChI is InChI=1S/C17H27FN2/c1-17(2,3)19-10-14-7-8-16(18)15(9-14)12-20(4)11-13-5-6-13/h7-9,13,19H,5-6,10-12H2,1-4H3. The van der Waals surface area contributed by atoms with Gasteiger partial charge in [-0.3, -0.25) is 0 Å². The molecule has 20 heavy (non-hydrogen) atoms. The lowest BCUT2D eigenvalue weighted by Crippen LogP contribution is -2.35. The van der Waals surface area contributed by atoms with Crippen molar-refractivity contribution in [3.05, 3.63) is 35.1 Å². The second kappa shape index (κ2) is 6.23. The normalized spacial score (nSPS) is 15.9. The maximum Gasteiger partial charge on any atom is 0.127 e. The summed E-state index contributed by atoms with van der Waals surface area (Å²) in [7, 11) is 2.08. The van der Waals surface area contributed by atoms with Gasteiger partial charge in [0.25, 0.3) is 0 Å². The van der Waals surface area contributed by atoms with Gasteiger partial charge in [-0.1, -0.05) is 12.1 Å². The van der Waals surface area contributed by atoms with Crippen molar-refractivity contribution in [2.24, 2.45) is 5.92 Å². The van der Waals surface area contributed by atoms with E-state index in [1.54, 1.807) is 6.07 Å². The molecule has 0 bridgehead atoms. The van der Waals surface area contributed by atoms with Crippen molar-refractivity contribution < 1.29 is 4.39 Å². The average Bonchev–Trinajstić information content (AvgIpc) is 3.13. The predicted octanol–water partition coefficient (Wildman–Crippen LogP) is 3.56. The molecule has 0 saturated heterocycles. The van der Waals surface area contributed by atoms with E-state index in [1.807, 2.05) is 12.1 Å². The highest BCUT2D eigenvalue weighted by Crippen LogP contribution is 2.29. The molecule has 0 unspecified atom stereocenters. The van der Waals surface area contributed by atoms with Gasteiger partial charge < -0.3 is 10.2 Å². The Bertz CT molecular complexity index is 447. The third-order valence-electron chi connectivity index (χ3n) is 3.64. The first-order valence-electron chi connectivity index (χ1n) is 7.54. The van der Waals surface area contributed by atoms with E-state index >= 15 is 0 Å². The summed E-state index contributed by atoms with van der Waals surface area (Å²) in [6.45, 7) is 8.99. The fourth-order valence-corrected chi connectivity index (χ4v) is 2.32. The van der Waals surface area contributed by atoms with Crippen molar-refractivity contribution in [3.8, 4) is 0 Å². The van der Waals surface area contributed by atoms with Crippen LogP contribution in [-0.4, -0.2) is 24.0 Å². The van der Waals surface area contributed by atoms with E-state index in [9.17, 15) is 4.39 Å². The zero-order valence-corrected chi connectivity index (χ0v) is 13.2. The fraction of sp³-hybridized carbons (Fsp3) is 0.647. The summed E-state index contributed by atoms with van der Waals surface area (Å²) in [5.41, 5.74) is 2.04. The number of hydrogen-bond donors (Lipinski definition) is 1. The summed E-state index contributed by atoms with van der Waals surface area (Å²) in [4.78, 5) is 2.23. The molecule has 1 aromatic carbocycles. The number of benzene rings is 1. The molecular formula is C17H27FN2. The molecule has 0 aliphatic heterocycles. The number of nitrogens with one attached hydrogen (secondary N) is 1. The van der Waals surface area contributed by atoms with Crippen molar-refractivity contribution in [1.82, 2.24) is 10.2 Å². The molecule has 2 rings (SSSR count). The molecular weight excluding hydrogens is 251 g/mol. The number of rotatable bonds is 6. The molecule has 0 atom stereocenters. The first kappa shape index (κ1) is 15.5. The maximum atomic E-state index is 13.9. The minimum absolute atomic E-state index is 0.0807. The molecule has 0 aromatic heterocycles. The first-order chi connectivity index (χ1) is 9.33. The van der Waals surface area contributed by atoms with E-state index in [4.69, 9.17) is 0 Å². The minimum atomic E-state index is -0.0906. The largest absolute Gasteiger partial charge is 0.308 e. The molecule has 1 aliphatic rings. The lowest BCUT2D eigenvalue weighted by Gasteiger charge is -2.21. The van der Waals surface area contributed by atoms with Crippen molar-refractivity contribution in [2.45, 2.75) is 52.2 Å². The zero-order chi connectivity index (χ0) is 14.8. The zero-order valence-electron chi connectivity index (χ0n) is 13.2. The summed E-state index contributed by atoms with van der Waals surface area (Å²) >= 11 is 0. The van der Waals surface area contributed by atoms with E-state index in [2.05, 4.69) is 38.0 Å². The van der Waals surface area contributed by atoms with Crippen LogP contribution in [0.5, 0.6) is 0 Å². The van der Waals surface area contributed by atoms with E-state index in [-0.39, 0.29) is 11.4 Å². The van der Waals surface area contributed by atoms with Crippen LogP contribution in [0.25, 0.3) is 0 Å². The summed E-state index contributed by atoms with van der Waals surface area (Å²) < 4.78 is 13.9. The summed E-state index contributed by atoms with van der Waals surface area (Å²) in [6, 6.07) is 5.47. The van der Waals surface area contributed by atoms with Crippen LogP contribution in [0.2, 0.25) is 0 Å². The van der Waals surface area contributed by atoms with Gasteiger partial charge in [0, 0.05) is 30.7 Å². The predicted molar refractivity (Wildman–Crippen MR) is 82.1 cm³/mol. The van der Waals surface area contributed by atoms with Crippen LogP contribution < -0.4 is 5.32 Å². The van der Waals surface area contributed by atoms with Crippen molar-refractivity contribution in [3.63, 3.8) is 0 Å². The van der Waals surface area contributed by atoms with Gasteiger partial charge in [0.1, 0.15) is 5.82 Å². The van der Waals surface area contributed by atoms with E-state index in [0.717, 1.165) is 30.1 Å². The first-order valence-corrected chi connectivity index (χ1v) is 7.54. The molecule has 0 radical (unpaired) electrons. The molecule has 112 valence electrons. The molecule has 0 spiro atoms. The third kappa shape index (κ3) is 5.22. The Hall–Kier alpha value is -0.930. The van der Waals surface area contributed by atoms with Gasteiger partial charge in [-0.15, -0.1) is 0 Å². The third-order valence-corrected chi connectivity index (χ3v) is 3.64. The minimum Gasteiger partial charge on any atom is -0.308 e. The molecule has 1 fully saturated rings. The quantitative estimate of drug-likeness (QED) is 0.856. The van der Waals surface area contributed by atoms with Crippen LogP contribution >= 0.6 is 0 Å². The van der Waals surface area contributed by atoms with Gasteiger partial charge >= 0.3 is 0 Å². The Labute approximate surface area is 122 Å². The summed E-state index contributed by atoms with van der Waals surface area (Å²) in [6.07, 6.45) is 2.67. The van der Waals surface area contributed by atoms with Crippen LogP contribution in [0.4, 0.5) is 4.39 Å². The summed E-state index contributed by atoms with van der Waals surface area (Å²) in [5, 5.41) is 3.44. The van der Waals surface area contributed by atoms with E-state index < -0.39 is 0 Å². The molecule has 1 saturated carbocycles. The second-order valence-corrected chi connectivity index (χ2v) is 7.17. The number of hydrogen-bond acceptors (Lipinski definition) is 2. The van der Waals surface area contributed by atoms with E-state index in [0.29, 0.717) is 6.54 Å². The number of halogens is 1. The molecule has 0 amide bonds. The van der Waals surface area contributed by atoms with Gasteiger partial charge in [-0.2, -0.15) is 0 Å². The molecule has 1 N–H and O–H groups in total. The Morgan fingerprint density at radius 2 is 2.00 bits per heavy atom. The van der Waals surface area contributed by atoms with Crippen LogP contribution in [0, 0.1) is 11.7 Å². The fourth-order valence-electron chi connectivity index (χ4n) is 2.32. The van der Waals surface area contributed by atoms with Crippen molar-refractivity contribution in [2.75, 3.05) is 13.6 Å². The highest BCUT2D eigenvalue weighted by molar-refractivity contribution is 5.25. The van der Waals surface area contributed by atoms with Crippen LogP contribution in [0.3, 0.4) is 0 Å². The van der Waals surface area contributed by atoms with Gasteiger partial charge in [-0.25, -0.2) is 4.39 Å². The Morgan fingerprint density at radius 1 is 1.30 bits per heavy atom. The highest BCUT2D eigenvalue weighted by atomic mass is 19.1. The molecule has 3 heteroatoms. The van der Waals surface area contributed by atoms with Gasteiger partial charge in [0.2, 0.25) is 0 Å². The highest BCUT2D eigenvalue weighted by Gasteiger charge is 2.23. The molecule has 2 nitrogen and oxygen atoms in total. The summed E-state index contributed by atoms with van der Waals surface area (Å²) in [5.74, 6) is 0.751. The lowest BCUT2D eigenvalue weighted by molar-refractivity contribution is 0.308. The Kier molecular flexibility index (Phi) is 4.82. The van der Waals surface area contributed by atoms with Gasteiger partial charge in [0.05, 0.1) is 0 Å². The van der Waals surface area contributed by atoms with Gasteiger partial charge in [-0.05, 0) is 58.2 Å². The van der Waals surface area contributed by atoms with Crippen LogP contribution in [0.15, 0.2) is 18.2 Å². The second-order valence-electron chi connectivity index (χ2n) is 7.17. The van der Waals surface area contributed by atoms with Crippen LogP contribution in [0.1, 0.15) is 44.7 Å². The lowest BCUT2D eigenvalue weighted by atomic mass is 10.1. The average molecular weight is 278 g/mol. The molecule has 1 aromatic rings. The van der Waals surface area contributed by atoms with E-state index in [1.165, 1.54) is 12.8 Å². The van der Waals surface area contributed by atoms with Crippen molar-refractivity contribution in [1.29, 1.82) is 0 Å². The Morgan fingerprint density at radius 3 is 2.60 bits per heavy atom. The maximum absolute atomic E-state index is 13.9. The molecule has 1 aliphatic carbocycles.